The Kier molecular flexibility index (Phi) is 3.23. The topological polar surface area (TPSA) is 58.7 Å². The third-order valence-corrected chi connectivity index (χ3v) is 1.60. The van der Waals surface area contributed by atoms with E-state index >= 15 is 0 Å². The second-order valence-electron chi connectivity index (χ2n) is 3.09. The monoisotopic (exact) mass is 191 g/mol. The minimum Gasteiger partial charge on any atom is -0.369 e. The highest BCUT2D eigenvalue weighted by atomic mass is 16.1. The quantitative estimate of drug-likeness (QED) is 0.572. The van der Waals surface area contributed by atoms with E-state index in [0.29, 0.717) is 11.3 Å². The lowest BCUT2D eigenvalue weighted by Gasteiger charge is -2.04. The van der Waals surface area contributed by atoms with Gasteiger partial charge in [-0.05, 0) is 12.1 Å². The zero-order valence-electron chi connectivity index (χ0n) is 8.27. The lowest BCUT2D eigenvalue weighted by Crippen LogP contribution is -2.11. The standard InChI is InChI=1S/C10H13N3O/c1-13(2)7-12-9-6-4-3-5-8(9)10(11)14/h3-7H,1-2H3,(H2,11,14). The van der Waals surface area contributed by atoms with Gasteiger partial charge in [0, 0.05) is 14.1 Å². The van der Waals surface area contributed by atoms with Gasteiger partial charge in [0.15, 0.2) is 0 Å². The number of primary amides is 1. The Bertz CT molecular complexity index is 358. The second-order valence-corrected chi connectivity index (χ2v) is 3.09. The molecule has 0 aliphatic rings. The van der Waals surface area contributed by atoms with Crippen LogP contribution in [0, 0.1) is 0 Å². The third kappa shape index (κ3) is 2.58. The number of hydrogen-bond acceptors (Lipinski definition) is 2. The SMILES string of the molecule is CN(C)C=Nc1ccccc1C(N)=O. The van der Waals surface area contributed by atoms with Gasteiger partial charge in [-0.25, -0.2) is 4.99 Å². The number of carbonyl (C=O) groups excluding carboxylic acids is 1. The van der Waals surface area contributed by atoms with Gasteiger partial charge < -0.3 is 10.6 Å². The Labute approximate surface area is 83.0 Å². The molecule has 1 rings (SSSR count). The van der Waals surface area contributed by atoms with Crippen molar-refractivity contribution in [2.24, 2.45) is 10.7 Å². The molecule has 0 aliphatic heterocycles. The normalized spacial score (nSPS) is 10.4. The first-order valence-electron chi connectivity index (χ1n) is 4.20. The summed E-state index contributed by atoms with van der Waals surface area (Å²) < 4.78 is 0. The van der Waals surface area contributed by atoms with E-state index in [1.54, 1.807) is 29.4 Å². The van der Waals surface area contributed by atoms with Crippen molar-refractivity contribution >= 4 is 17.9 Å². The maximum Gasteiger partial charge on any atom is 0.250 e. The van der Waals surface area contributed by atoms with Crippen LogP contribution in [0.25, 0.3) is 0 Å². The molecule has 0 fully saturated rings. The van der Waals surface area contributed by atoms with Crippen LogP contribution in [0.2, 0.25) is 0 Å². The van der Waals surface area contributed by atoms with Crippen molar-refractivity contribution in [2.75, 3.05) is 14.1 Å². The highest BCUT2D eigenvalue weighted by Gasteiger charge is 2.04. The second kappa shape index (κ2) is 4.41. The molecule has 0 radical (unpaired) electrons. The fourth-order valence-electron chi connectivity index (χ4n) is 0.972. The largest absolute Gasteiger partial charge is 0.369 e. The number of nitrogens with two attached hydrogens (primary N) is 1. The van der Waals surface area contributed by atoms with E-state index in [-0.39, 0.29) is 0 Å². The smallest absolute Gasteiger partial charge is 0.250 e. The first kappa shape index (κ1) is 10.2. The Hall–Kier alpha value is -1.84. The van der Waals surface area contributed by atoms with Gasteiger partial charge >= 0.3 is 0 Å². The van der Waals surface area contributed by atoms with Crippen LogP contribution in [-0.4, -0.2) is 31.2 Å². The summed E-state index contributed by atoms with van der Waals surface area (Å²) in [6.45, 7) is 0. The molecule has 0 bridgehead atoms. The molecule has 1 aromatic rings. The first-order chi connectivity index (χ1) is 6.61. The minimum absolute atomic E-state index is 0.436. The van der Waals surface area contributed by atoms with Crippen LogP contribution >= 0.6 is 0 Å². The molecule has 1 amide bonds. The average molecular weight is 191 g/mol. The number of nitrogens with zero attached hydrogens (tertiary/aromatic N) is 2. The van der Waals surface area contributed by atoms with E-state index < -0.39 is 5.91 Å². The molecule has 0 spiro atoms. The number of carbonyl (C=O) groups is 1. The minimum atomic E-state index is -0.462. The summed E-state index contributed by atoms with van der Waals surface area (Å²) in [5, 5.41) is 0. The fourth-order valence-corrected chi connectivity index (χ4v) is 0.972. The van der Waals surface area contributed by atoms with E-state index in [0.717, 1.165) is 0 Å². The van der Waals surface area contributed by atoms with Gasteiger partial charge in [0.1, 0.15) is 0 Å². The Balaban J connectivity index is 3.02. The summed E-state index contributed by atoms with van der Waals surface area (Å²) in [5.74, 6) is -0.462. The summed E-state index contributed by atoms with van der Waals surface area (Å²) in [6.07, 6.45) is 1.63. The maximum absolute atomic E-state index is 11.0. The van der Waals surface area contributed by atoms with E-state index in [2.05, 4.69) is 4.99 Å². The summed E-state index contributed by atoms with van der Waals surface area (Å²) in [6, 6.07) is 6.98. The molecule has 0 saturated carbocycles. The van der Waals surface area contributed by atoms with E-state index in [9.17, 15) is 4.79 Å². The van der Waals surface area contributed by atoms with Crippen LogP contribution in [-0.2, 0) is 0 Å². The van der Waals surface area contributed by atoms with Crippen molar-refractivity contribution in [1.82, 2.24) is 4.90 Å². The number of para-hydroxylation sites is 1. The van der Waals surface area contributed by atoms with Crippen molar-refractivity contribution in [2.45, 2.75) is 0 Å². The molecule has 14 heavy (non-hydrogen) atoms. The van der Waals surface area contributed by atoms with Crippen molar-refractivity contribution in [3.8, 4) is 0 Å². The molecule has 0 heterocycles. The molecule has 0 aliphatic carbocycles. The Morgan fingerprint density at radius 2 is 2.07 bits per heavy atom. The number of aliphatic imine (C=N–C) groups is 1. The zero-order valence-corrected chi connectivity index (χ0v) is 8.27. The van der Waals surface area contributed by atoms with Gasteiger partial charge in [-0.15, -0.1) is 0 Å². The molecule has 0 saturated heterocycles. The number of hydrogen-bond donors (Lipinski definition) is 1. The van der Waals surface area contributed by atoms with Crippen molar-refractivity contribution in [3.05, 3.63) is 29.8 Å². The molecule has 4 nitrogen and oxygen atoms in total. The highest BCUT2D eigenvalue weighted by Crippen LogP contribution is 2.17. The molecule has 1 aromatic carbocycles. The summed E-state index contributed by atoms with van der Waals surface area (Å²) in [5.41, 5.74) is 6.22. The van der Waals surface area contributed by atoms with Gasteiger partial charge in [-0.1, -0.05) is 12.1 Å². The molecule has 0 unspecified atom stereocenters. The van der Waals surface area contributed by atoms with Crippen molar-refractivity contribution in [3.63, 3.8) is 0 Å². The van der Waals surface area contributed by atoms with Crippen LogP contribution in [0.1, 0.15) is 10.4 Å². The van der Waals surface area contributed by atoms with Gasteiger partial charge in [-0.2, -0.15) is 0 Å². The summed E-state index contributed by atoms with van der Waals surface area (Å²) in [7, 11) is 3.72. The van der Waals surface area contributed by atoms with Gasteiger partial charge in [0.2, 0.25) is 0 Å². The lowest BCUT2D eigenvalue weighted by molar-refractivity contribution is 0.100. The molecule has 74 valence electrons. The van der Waals surface area contributed by atoms with Crippen LogP contribution in [0.4, 0.5) is 5.69 Å². The predicted molar refractivity (Wildman–Crippen MR) is 56.8 cm³/mol. The number of amides is 1. The van der Waals surface area contributed by atoms with Crippen molar-refractivity contribution < 1.29 is 4.79 Å². The van der Waals surface area contributed by atoms with Crippen LogP contribution in [0.15, 0.2) is 29.3 Å². The first-order valence-corrected chi connectivity index (χ1v) is 4.20. The zero-order chi connectivity index (χ0) is 10.6. The van der Waals surface area contributed by atoms with Crippen LogP contribution < -0.4 is 5.73 Å². The molecule has 4 heteroatoms. The summed E-state index contributed by atoms with van der Waals surface area (Å²) in [4.78, 5) is 16.9. The van der Waals surface area contributed by atoms with Gasteiger partial charge in [0.25, 0.3) is 5.91 Å². The molecular formula is C10H13N3O. The molecule has 0 aromatic heterocycles. The average Bonchev–Trinajstić information content (AvgIpc) is 2.15. The molecule has 2 N–H and O–H groups in total. The van der Waals surface area contributed by atoms with E-state index in [1.807, 2.05) is 20.2 Å². The Morgan fingerprint density at radius 1 is 1.43 bits per heavy atom. The van der Waals surface area contributed by atoms with Gasteiger partial charge in [0.05, 0.1) is 17.6 Å². The molecule has 0 atom stereocenters. The predicted octanol–water partition coefficient (Wildman–Crippen LogP) is 1.01. The Morgan fingerprint density at radius 3 is 2.64 bits per heavy atom. The fraction of sp³-hybridized carbons (Fsp3) is 0.200. The summed E-state index contributed by atoms with van der Waals surface area (Å²) >= 11 is 0. The lowest BCUT2D eigenvalue weighted by atomic mass is 10.2. The maximum atomic E-state index is 11.0. The number of benzene rings is 1. The molecular weight excluding hydrogens is 178 g/mol. The third-order valence-electron chi connectivity index (χ3n) is 1.60. The van der Waals surface area contributed by atoms with Gasteiger partial charge in [-0.3, -0.25) is 4.79 Å². The van der Waals surface area contributed by atoms with E-state index in [1.165, 1.54) is 0 Å². The van der Waals surface area contributed by atoms with Crippen LogP contribution in [0.3, 0.4) is 0 Å². The van der Waals surface area contributed by atoms with E-state index in [4.69, 9.17) is 5.73 Å². The van der Waals surface area contributed by atoms with Crippen molar-refractivity contribution in [1.29, 1.82) is 0 Å². The van der Waals surface area contributed by atoms with Crippen LogP contribution in [0.5, 0.6) is 0 Å². The highest BCUT2D eigenvalue weighted by molar-refractivity contribution is 5.98. The number of rotatable bonds is 3.